The maximum Gasteiger partial charge on any atom is 0.341 e. The van der Waals surface area contributed by atoms with Gasteiger partial charge in [-0.05, 0) is 49.3 Å². The molecule has 5 nitrogen and oxygen atoms in total. The highest BCUT2D eigenvalue weighted by molar-refractivity contribution is 5.94. The molecule has 1 aliphatic rings. The summed E-state index contributed by atoms with van der Waals surface area (Å²) in [7, 11) is 1.84. The molecule has 0 aliphatic heterocycles. The summed E-state index contributed by atoms with van der Waals surface area (Å²) in [5.41, 5.74) is 0.894. The lowest BCUT2D eigenvalue weighted by molar-refractivity contribution is -0.139. The fourth-order valence-electron chi connectivity index (χ4n) is 3.00. The van der Waals surface area contributed by atoms with Crippen LogP contribution in [0.5, 0.6) is 5.75 Å². The van der Waals surface area contributed by atoms with E-state index in [4.69, 9.17) is 9.84 Å². The standard InChI is InChI=1S/C18H25NO4/c1-18(2)9-7-14(8-10-18)19(3)17(22)13-5-4-6-15(11-13)23-12-16(20)21/h4-6,11,14H,7-10,12H2,1-3H3,(H,20,21). The average Bonchev–Trinajstić information content (AvgIpc) is 2.52. The van der Waals surface area contributed by atoms with Gasteiger partial charge in [0, 0.05) is 18.7 Å². The molecular weight excluding hydrogens is 294 g/mol. The van der Waals surface area contributed by atoms with Gasteiger partial charge in [0.2, 0.25) is 0 Å². The zero-order chi connectivity index (χ0) is 17.0. The number of hydrogen-bond acceptors (Lipinski definition) is 3. The second-order valence-corrected chi connectivity index (χ2v) is 7.02. The van der Waals surface area contributed by atoms with Gasteiger partial charge in [-0.3, -0.25) is 4.79 Å². The number of aliphatic carboxylic acids is 1. The van der Waals surface area contributed by atoms with Crippen molar-refractivity contribution in [2.24, 2.45) is 5.41 Å². The van der Waals surface area contributed by atoms with Crippen LogP contribution in [-0.2, 0) is 4.79 Å². The van der Waals surface area contributed by atoms with Crippen LogP contribution in [0.4, 0.5) is 0 Å². The number of carbonyl (C=O) groups excluding carboxylic acids is 1. The van der Waals surface area contributed by atoms with Crippen LogP contribution in [-0.4, -0.2) is 41.6 Å². The van der Waals surface area contributed by atoms with Crippen LogP contribution < -0.4 is 4.74 Å². The number of benzene rings is 1. The smallest absolute Gasteiger partial charge is 0.341 e. The molecule has 1 aliphatic carbocycles. The summed E-state index contributed by atoms with van der Waals surface area (Å²) in [6.07, 6.45) is 4.28. The van der Waals surface area contributed by atoms with Gasteiger partial charge in [-0.25, -0.2) is 4.79 Å². The van der Waals surface area contributed by atoms with Crippen molar-refractivity contribution in [3.8, 4) is 5.75 Å². The normalized spacial score (nSPS) is 17.5. The highest BCUT2D eigenvalue weighted by Gasteiger charge is 2.30. The van der Waals surface area contributed by atoms with Crippen molar-refractivity contribution < 1.29 is 19.4 Å². The Morgan fingerprint density at radius 1 is 1.30 bits per heavy atom. The minimum atomic E-state index is -1.04. The Labute approximate surface area is 137 Å². The van der Waals surface area contributed by atoms with E-state index in [1.165, 1.54) is 0 Å². The van der Waals surface area contributed by atoms with Gasteiger partial charge >= 0.3 is 5.97 Å². The SMILES string of the molecule is CN(C(=O)c1cccc(OCC(=O)O)c1)C1CCC(C)(C)CC1. The molecule has 1 N–H and O–H groups in total. The van der Waals surface area contributed by atoms with Crippen LogP contribution in [0.3, 0.4) is 0 Å². The monoisotopic (exact) mass is 319 g/mol. The van der Waals surface area contributed by atoms with E-state index in [2.05, 4.69) is 13.8 Å². The van der Waals surface area contributed by atoms with E-state index in [-0.39, 0.29) is 11.9 Å². The molecule has 1 amide bonds. The van der Waals surface area contributed by atoms with Crippen molar-refractivity contribution in [3.05, 3.63) is 29.8 Å². The van der Waals surface area contributed by atoms with Crippen LogP contribution in [0.25, 0.3) is 0 Å². The van der Waals surface area contributed by atoms with Gasteiger partial charge in [-0.2, -0.15) is 0 Å². The predicted molar refractivity (Wildman–Crippen MR) is 87.7 cm³/mol. The number of carboxylic acid groups (broad SMARTS) is 1. The lowest BCUT2D eigenvalue weighted by atomic mass is 9.75. The third-order valence-electron chi connectivity index (χ3n) is 4.62. The average molecular weight is 319 g/mol. The molecule has 1 fully saturated rings. The number of carbonyl (C=O) groups is 2. The first-order valence-corrected chi connectivity index (χ1v) is 8.00. The van der Waals surface area contributed by atoms with E-state index in [1.807, 2.05) is 11.9 Å². The van der Waals surface area contributed by atoms with Crippen molar-refractivity contribution in [1.82, 2.24) is 4.90 Å². The number of hydrogen-bond donors (Lipinski definition) is 1. The van der Waals surface area contributed by atoms with E-state index >= 15 is 0 Å². The topological polar surface area (TPSA) is 66.8 Å². The fourth-order valence-corrected chi connectivity index (χ4v) is 3.00. The Bertz CT molecular complexity index is 572. The summed E-state index contributed by atoms with van der Waals surface area (Å²) in [5, 5.41) is 8.65. The van der Waals surface area contributed by atoms with Gasteiger partial charge in [0.05, 0.1) is 0 Å². The van der Waals surface area contributed by atoms with Gasteiger partial charge in [-0.1, -0.05) is 19.9 Å². The van der Waals surface area contributed by atoms with Crippen LogP contribution in [0.2, 0.25) is 0 Å². The second kappa shape index (κ2) is 7.02. The Hall–Kier alpha value is -2.04. The third kappa shape index (κ3) is 4.71. The molecule has 0 spiro atoms. The number of carboxylic acids is 1. The first-order valence-electron chi connectivity index (χ1n) is 8.00. The molecule has 0 unspecified atom stereocenters. The Morgan fingerprint density at radius 3 is 2.57 bits per heavy atom. The first-order chi connectivity index (χ1) is 10.8. The number of rotatable bonds is 5. The maximum atomic E-state index is 12.6. The summed E-state index contributed by atoms with van der Waals surface area (Å²) in [5.74, 6) is -0.685. The molecule has 1 aromatic rings. The predicted octanol–water partition coefficient (Wildman–Crippen LogP) is 3.19. The molecule has 23 heavy (non-hydrogen) atoms. The quantitative estimate of drug-likeness (QED) is 0.905. The summed E-state index contributed by atoms with van der Waals surface area (Å²) < 4.78 is 5.14. The van der Waals surface area contributed by atoms with Crippen molar-refractivity contribution >= 4 is 11.9 Å². The van der Waals surface area contributed by atoms with E-state index in [1.54, 1.807) is 24.3 Å². The largest absolute Gasteiger partial charge is 0.482 e. The zero-order valence-corrected chi connectivity index (χ0v) is 14.0. The van der Waals surface area contributed by atoms with Crippen molar-refractivity contribution in [3.63, 3.8) is 0 Å². The summed E-state index contributed by atoms with van der Waals surface area (Å²) in [6, 6.07) is 6.97. The minimum Gasteiger partial charge on any atom is -0.482 e. The Balaban J connectivity index is 2.02. The van der Waals surface area contributed by atoms with Gasteiger partial charge in [0.15, 0.2) is 6.61 Å². The Kier molecular flexibility index (Phi) is 5.29. The maximum absolute atomic E-state index is 12.6. The second-order valence-electron chi connectivity index (χ2n) is 7.02. The summed E-state index contributed by atoms with van der Waals surface area (Å²) >= 11 is 0. The molecule has 1 saturated carbocycles. The zero-order valence-electron chi connectivity index (χ0n) is 14.0. The lowest BCUT2D eigenvalue weighted by Crippen LogP contribution is -2.40. The molecular formula is C18H25NO4. The molecule has 126 valence electrons. The third-order valence-corrected chi connectivity index (χ3v) is 4.62. The van der Waals surface area contributed by atoms with E-state index in [0.29, 0.717) is 16.7 Å². The van der Waals surface area contributed by atoms with Crippen molar-refractivity contribution in [1.29, 1.82) is 0 Å². The molecule has 1 aromatic carbocycles. The first kappa shape index (κ1) is 17.3. The number of amides is 1. The highest BCUT2D eigenvalue weighted by Crippen LogP contribution is 2.36. The van der Waals surface area contributed by atoms with E-state index < -0.39 is 12.6 Å². The molecule has 2 rings (SSSR count). The van der Waals surface area contributed by atoms with Crippen LogP contribution >= 0.6 is 0 Å². The lowest BCUT2D eigenvalue weighted by Gasteiger charge is -2.38. The van der Waals surface area contributed by atoms with Gasteiger partial charge in [-0.15, -0.1) is 0 Å². The van der Waals surface area contributed by atoms with E-state index in [9.17, 15) is 9.59 Å². The van der Waals surface area contributed by atoms with Gasteiger partial charge < -0.3 is 14.7 Å². The van der Waals surface area contributed by atoms with Crippen LogP contribution in [0.15, 0.2) is 24.3 Å². The molecule has 5 heteroatoms. The summed E-state index contributed by atoms with van der Waals surface area (Å²) in [6.45, 7) is 4.13. The molecule has 0 aromatic heterocycles. The number of nitrogens with zero attached hydrogens (tertiary/aromatic N) is 1. The molecule has 0 radical (unpaired) electrons. The van der Waals surface area contributed by atoms with Crippen molar-refractivity contribution in [2.75, 3.05) is 13.7 Å². The van der Waals surface area contributed by atoms with Gasteiger partial charge in [0.25, 0.3) is 5.91 Å². The number of ether oxygens (including phenoxy) is 1. The van der Waals surface area contributed by atoms with Crippen LogP contribution in [0, 0.1) is 5.41 Å². The Morgan fingerprint density at radius 2 is 1.96 bits per heavy atom. The van der Waals surface area contributed by atoms with Crippen molar-refractivity contribution in [2.45, 2.75) is 45.6 Å². The molecule has 0 saturated heterocycles. The highest BCUT2D eigenvalue weighted by atomic mass is 16.5. The van der Waals surface area contributed by atoms with E-state index in [0.717, 1.165) is 25.7 Å². The fraction of sp³-hybridized carbons (Fsp3) is 0.556. The molecule has 0 bridgehead atoms. The molecule has 0 heterocycles. The van der Waals surface area contributed by atoms with Gasteiger partial charge in [0.1, 0.15) is 5.75 Å². The minimum absolute atomic E-state index is 0.0459. The summed E-state index contributed by atoms with van der Waals surface area (Å²) in [4.78, 5) is 25.0. The molecule has 0 atom stereocenters. The van der Waals surface area contributed by atoms with Crippen LogP contribution in [0.1, 0.15) is 49.9 Å².